The lowest BCUT2D eigenvalue weighted by Gasteiger charge is -2.36. The van der Waals surface area contributed by atoms with Crippen molar-refractivity contribution in [1.29, 1.82) is 5.26 Å². The summed E-state index contributed by atoms with van der Waals surface area (Å²) in [5, 5.41) is 39.5. The minimum Gasteiger partial charge on any atom is -0.493 e. The van der Waals surface area contributed by atoms with Crippen molar-refractivity contribution in [3.8, 4) is 34.4 Å². The second-order valence-corrected chi connectivity index (χ2v) is 14.3. The molecule has 1 aromatic heterocycles. The van der Waals surface area contributed by atoms with Gasteiger partial charge in [-0.05, 0) is 86.2 Å². The van der Waals surface area contributed by atoms with E-state index in [1.165, 1.54) is 13.1 Å². The standard InChI is InChI=1S/C42H49ClN4O7/c1-5-47(42(4,27-48)41(50)51)23-33-18-37(43)40(19-39(33)53-25-31-17-30(20-44)21-45-22-31)54-26-32-9-6-10-35(28(32)2)36-11-7-12-38(29(36)3)52-16-8-14-46-15-13-34(49)24-46/h6-7,9-12,17-19,21-22,34,48-49H,5,8,13-16,23-27H2,1-4H3,(H,50,51)/t34-,42+/m1/s1. The SMILES string of the molecule is CCN(Cc1cc(Cl)c(OCc2cccc(-c3cccc(OCCCN4CC[C@@H](O)C4)c3C)c2C)cc1OCc1cncc(C#N)c1)[C@@](C)(CO)C(=O)O. The number of likely N-dealkylation sites (N-methyl/N-ethyl adjacent to an activating group) is 1. The number of halogens is 1. The molecule has 2 atom stereocenters. The van der Waals surface area contributed by atoms with Gasteiger partial charge in [-0.3, -0.25) is 14.7 Å². The average molecular weight is 757 g/mol. The normalized spacial score (nSPS) is 15.5. The van der Waals surface area contributed by atoms with E-state index < -0.39 is 18.1 Å². The Morgan fingerprint density at radius 2 is 1.76 bits per heavy atom. The first-order valence-electron chi connectivity index (χ1n) is 18.2. The van der Waals surface area contributed by atoms with Crippen LogP contribution in [0.2, 0.25) is 5.02 Å². The summed E-state index contributed by atoms with van der Waals surface area (Å²) >= 11 is 6.82. The number of pyridine rings is 1. The number of carbonyl (C=O) groups is 1. The Morgan fingerprint density at radius 1 is 1.02 bits per heavy atom. The van der Waals surface area contributed by atoms with Crippen LogP contribution in [0.3, 0.4) is 0 Å². The molecule has 1 fully saturated rings. The number of benzene rings is 3. The summed E-state index contributed by atoms with van der Waals surface area (Å²) in [5.74, 6) is 0.484. The van der Waals surface area contributed by atoms with Crippen molar-refractivity contribution in [1.82, 2.24) is 14.8 Å². The van der Waals surface area contributed by atoms with Crippen molar-refractivity contribution in [2.75, 3.05) is 39.4 Å². The third kappa shape index (κ3) is 9.69. The molecule has 0 unspecified atom stereocenters. The molecule has 1 saturated heterocycles. The molecule has 1 aliphatic rings. The number of aliphatic hydroxyl groups is 2. The van der Waals surface area contributed by atoms with Crippen LogP contribution in [-0.2, 0) is 24.6 Å². The molecule has 1 aliphatic heterocycles. The van der Waals surface area contributed by atoms with Crippen LogP contribution < -0.4 is 14.2 Å². The Balaban J connectivity index is 1.35. The maximum atomic E-state index is 12.2. The van der Waals surface area contributed by atoms with Gasteiger partial charge in [-0.25, -0.2) is 0 Å². The van der Waals surface area contributed by atoms with E-state index in [0.717, 1.165) is 66.0 Å². The quantitative estimate of drug-likeness (QED) is 0.0951. The number of aliphatic hydroxyl groups excluding tert-OH is 2. The summed E-state index contributed by atoms with van der Waals surface area (Å²) in [6.07, 6.45) is 4.57. The summed E-state index contributed by atoms with van der Waals surface area (Å²) in [6, 6.07) is 19.4. The smallest absolute Gasteiger partial charge is 0.326 e. The van der Waals surface area contributed by atoms with E-state index in [4.69, 9.17) is 25.8 Å². The molecule has 5 rings (SSSR count). The highest BCUT2D eigenvalue weighted by Gasteiger charge is 2.39. The van der Waals surface area contributed by atoms with E-state index in [-0.39, 0.29) is 25.9 Å². The number of likely N-dealkylation sites (tertiary alicyclic amines) is 1. The molecule has 0 aliphatic carbocycles. The number of hydrogen-bond donors (Lipinski definition) is 3. The molecule has 0 saturated carbocycles. The van der Waals surface area contributed by atoms with E-state index in [1.54, 1.807) is 29.3 Å². The molecule has 12 heteroatoms. The average Bonchev–Trinajstić information content (AvgIpc) is 3.59. The zero-order chi connectivity index (χ0) is 38.8. The predicted molar refractivity (Wildman–Crippen MR) is 207 cm³/mol. The minimum atomic E-state index is -1.54. The number of hydrogen-bond acceptors (Lipinski definition) is 10. The van der Waals surface area contributed by atoms with Crippen LogP contribution in [0.15, 0.2) is 67.0 Å². The summed E-state index contributed by atoms with van der Waals surface area (Å²) in [7, 11) is 0. The molecule has 0 radical (unpaired) electrons. The Kier molecular flexibility index (Phi) is 13.9. The van der Waals surface area contributed by atoms with Crippen LogP contribution in [-0.4, -0.2) is 87.1 Å². The molecule has 286 valence electrons. The third-order valence-electron chi connectivity index (χ3n) is 10.2. The van der Waals surface area contributed by atoms with Crippen molar-refractivity contribution >= 4 is 17.6 Å². The highest BCUT2D eigenvalue weighted by Crippen LogP contribution is 2.37. The van der Waals surface area contributed by atoms with Gasteiger partial charge in [0.1, 0.15) is 42.1 Å². The van der Waals surface area contributed by atoms with Gasteiger partial charge in [0.25, 0.3) is 0 Å². The van der Waals surface area contributed by atoms with Crippen LogP contribution >= 0.6 is 11.6 Å². The summed E-state index contributed by atoms with van der Waals surface area (Å²) < 4.78 is 18.8. The van der Waals surface area contributed by atoms with Gasteiger partial charge in [-0.1, -0.05) is 48.9 Å². The molecule has 0 amide bonds. The van der Waals surface area contributed by atoms with Crippen LogP contribution in [0.4, 0.5) is 0 Å². The lowest BCUT2D eigenvalue weighted by Crippen LogP contribution is -2.54. The number of carboxylic acids is 1. The van der Waals surface area contributed by atoms with Crippen LogP contribution in [0, 0.1) is 25.2 Å². The fraction of sp³-hybridized carbons (Fsp3) is 0.405. The zero-order valence-electron chi connectivity index (χ0n) is 31.3. The molecule has 3 N–H and O–H groups in total. The van der Waals surface area contributed by atoms with Crippen molar-refractivity contribution in [3.05, 3.63) is 105 Å². The maximum Gasteiger partial charge on any atom is 0.326 e. The van der Waals surface area contributed by atoms with Gasteiger partial charge in [0, 0.05) is 55.8 Å². The second kappa shape index (κ2) is 18.6. The molecular formula is C42H49ClN4O7. The topological polar surface area (TPSA) is 149 Å². The second-order valence-electron chi connectivity index (χ2n) is 13.9. The molecule has 3 aromatic carbocycles. The number of aliphatic carboxylic acids is 1. The number of rotatable bonds is 18. The van der Waals surface area contributed by atoms with Crippen molar-refractivity contribution in [2.24, 2.45) is 0 Å². The fourth-order valence-electron chi connectivity index (χ4n) is 6.71. The molecule has 11 nitrogen and oxygen atoms in total. The number of nitrogens with zero attached hydrogens (tertiary/aromatic N) is 4. The van der Waals surface area contributed by atoms with E-state index in [0.29, 0.717) is 46.4 Å². The third-order valence-corrected chi connectivity index (χ3v) is 10.5. The van der Waals surface area contributed by atoms with Gasteiger partial charge in [0.15, 0.2) is 0 Å². The molecule has 54 heavy (non-hydrogen) atoms. The first-order valence-corrected chi connectivity index (χ1v) is 18.6. The Hall–Kier alpha value is -4.70. The van der Waals surface area contributed by atoms with Gasteiger partial charge in [-0.15, -0.1) is 0 Å². The number of ether oxygens (including phenoxy) is 3. The predicted octanol–water partition coefficient (Wildman–Crippen LogP) is 6.54. The summed E-state index contributed by atoms with van der Waals surface area (Å²) in [4.78, 5) is 20.2. The largest absolute Gasteiger partial charge is 0.493 e. The van der Waals surface area contributed by atoms with Crippen LogP contribution in [0.5, 0.6) is 17.2 Å². The first-order chi connectivity index (χ1) is 26.0. The van der Waals surface area contributed by atoms with Gasteiger partial charge >= 0.3 is 5.97 Å². The van der Waals surface area contributed by atoms with Gasteiger partial charge in [0.05, 0.1) is 29.9 Å². The Morgan fingerprint density at radius 3 is 2.44 bits per heavy atom. The van der Waals surface area contributed by atoms with Crippen molar-refractivity contribution in [3.63, 3.8) is 0 Å². The first kappa shape index (κ1) is 40.5. The van der Waals surface area contributed by atoms with E-state index in [1.807, 2.05) is 31.2 Å². The minimum absolute atomic E-state index is 0.0881. The van der Waals surface area contributed by atoms with Gasteiger partial charge in [-0.2, -0.15) is 5.26 Å². The van der Waals surface area contributed by atoms with E-state index >= 15 is 0 Å². The van der Waals surface area contributed by atoms with E-state index in [9.17, 15) is 25.4 Å². The zero-order valence-corrected chi connectivity index (χ0v) is 32.1. The lowest BCUT2D eigenvalue weighted by molar-refractivity contribution is -0.153. The maximum absolute atomic E-state index is 12.2. The summed E-state index contributed by atoms with van der Waals surface area (Å²) in [6.45, 7) is 10.7. The van der Waals surface area contributed by atoms with Crippen molar-refractivity contribution < 1.29 is 34.3 Å². The summed E-state index contributed by atoms with van der Waals surface area (Å²) in [5.41, 5.74) is 5.33. The number of aromatic nitrogens is 1. The van der Waals surface area contributed by atoms with Crippen molar-refractivity contribution in [2.45, 2.75) is 71.9 Å². The lowest BCUT2D eigenvalue weighted by atomic mass is 9.93. The Bertz CT molecular complexity index is 1970. The Labute approximate surface area is 322 Å². The van der Waals surface area contributed by atoms with Crippen LogP contribution in [0.1, 0.15) is 60.1 Å². The van der Waals surface area contributed by atoms with Gasteiger partial charge in [0.2, 0.25) is 0 Å². The fourth-order valence-corrected chi connectivity index (χ4v) is 6.95. The number of carboxylic acid groups (broad SMARTS) is 1. The highest BCUT2D eigenvalue weighted by molar-refractivity contribution is 6.32. The molecule has 0 bridgehead atoms. The van der Waals surface area contributed by atoms with E-state index in [2.05, 4.69) is 41.9 Å². The van der Waals surface area contributed by atoms with Gasteiger partial charge < -0.3 is 34.4 Å². The number of β-amino-alcohol motifs (C(OH)–C–C–N with tert-alkyl or cyclic N) is 1. The number of nitriles is 1. The molecular weight excluding hydrogens is 708 g/mol. The monoisotopic (exact) mass is 756 g/mol. The molecule has 4 aromatic rings. The molecule has 0 spiro atoms. The molecule has 2 heterocycles. The van der Waals surface area contributed by atoms with Crippen LogP contribution in [0.25, 0.3) is 11.1 Å². The highest BCUT2D eigenvalue weighted by atomic mass is 35.5.